The largest absolute Gasteiger partial charge is 0.490 e. The predicted molar refractivity (Wildman–Crippen MR) is 102 cm³/mol. The van der Waals surface area contributed by atoms with Gasteiger partial charge >= 0.3 is 0 Å². The third-order valence-electron chi connectivity index (χ3n) is 3.63. The molecule has 2 aromatic carbocycles. The van der Waals surface area contributed by atoms with Crippen molar-refractivity contribution in [3.05, 3.63) is 53.1 Å². The van der Waals surface area contributed by atoms with Gasteiger partial charge in [0.15, 0.2) is 18.1 Å². The van der Waals surface area contributed by atoms with Crippen LogP contribution in [-0.4, -0.2) is 25.7 Å². The Labute approximate surface area is 159 Å². The first-order valence-corrected chi connectivity index (χ1v) is 8.98. The van der Waals surface area contributed by atoms with Crippen molar-refractivity contribution in [1.82, 2.24) is 5.32 Å². The monoisotopic (exact) mass is 377 g/mol. The normalized spacial score (nSPS) is 11.5. The lowest BCUT2D eigenvalue weighted by atomic mass is 10.1. The molecule has 0 spiro atoms. The van der Waals surface area contributed by atoms with Crippen LogP contribution in [0.25, 0.3) is 0 Å². The van der Waals surface area contributed by atoms with Crippen LogP contribution in [0.1, 0.15) is 32.4 Å². The third-order valence-corrected chi connectivity index (χ3v) is 3.88. The van der Waals surface area contributed by atoms with Gasteiger partial charge in [0, 0.05) is 5.02 Å². The van der Waals surface area contributed by atoms with E-state index in [1.165, 1.54) is 0 Å². The first kappa shape index (κ1) is 19.9. The lowest BCUT2D eigenvalue weighted by Crippen LogP contribution is -2.31. The van der Waals surface area contributed by atoms with Gasteiger partial charge in [-0.3, -0.25) is 4.79 Å². The summed E-state index contributed by atoms with van der Waals surface area (Å²) < 4.78 is 16.6. The van der Waals surface area contributed by atoms with E-state index in [9.17, 15) is 4.79 Å². The van der Waals surface area contributed by atoms with Gasteiger partial charge in [-0.1, -0.05) is 17.7 Å². The molecule has 0 unspecified atom stereocenters. The van der Waals surface area contributed by atoms with E-state index in [1.807, 2.05) is 39.0 Å². The fraction of sp³-hybridized carbons (Fsp3) is 0.350. The van der Waals surface area contributed by atoms with Crippen LogP contribution in [0.5, 0.6) is 17.2 Å². The van der Waals surface area contributed by atoms with E-state index in [2.05, 4.69) is 5.32 Å². The van der Waals surface area contributed by atoms with Gasteiger partial charge in [-0.25, -0.2) is 0 Å². The molecule has 2 aromatic rings. The van der Waals surface area contributed by atoms with Crippen LogP contribution in [0.4, 0.5) is 0 Å². The van der Waals surface area contributed by atoms with Crippen molar-refractivity contribution in [3.8, 4) is 17.2 Å². The number of carbonyl (C=O) groups excluding carboxylic acids is 1. The van der Waals surface area contributed by atoms with E-state index >= 15 is 0 Å². The first-order valence-electron chi connectivity index (χ1n) is 8.60. The minimum Gasteiger partial charge on any atom is -0.490 e. The zero-order valence-electron chi connectivity index (χ0n) is 15.3. The standard InChI is InChI=1S/C20H24ClNO4/c1-4-24-18-11-6-15(12-19(18)25-5-2)14(3)22-20(23)13-26-17-9-7-16(21)8-10-17/h6-12,14H,4-5,13H2,1-3H3,(H,22,23)/t14-/m0/s1. The Morgan fingerprint density at radius 1 is 1.00 bits per heavy atom. The molecule has 0 saturated carbocycles. The molecule has 1 atom stereocenters. The quantitative estimate of drug-likeness (QED) is 0.704. The van der Waals surface area contributed by atoms with E-state index in [-0.39, 0.29) is 18.6 Å². The summed E-state index contributed by atoms with van der Waals surface area (Å²) in [6, 6.07) is 12.3. The van der Waals surface area contributed by atoms with Crippen LogP contribution in [-0.2, 0) is 4.79 Å². The summed E-state index contributed by atoms with van der Waals surface area (Å²) in [6.45, 7) is 6.79. The van der Waals surface area contributed by atoms with Gasteiger partial charge in [0.05, 0.1) is 19.3 Å². The second kappa shape index (κ2) is 9.92. The zero-order chi connectivity index (χ0) is 18.9. The highest BCUT2D eigenvalue weighted by atomic mass is 35.5. The maximum absolute atomic E-state index is 12.1. The summed E-state index contributed by atoms with van der Waals surface area (Å²) in [4.78, 5) is 12.1. The third kappa shape index (κ3) is 5.85. The van der Waals surface area contributed by atoms with Crippen LogP contribution in [0.2, 0.25) is 5.02 Å². The number of benzene rings is 2. The van der Waals surface area contributed by atoms with E-state index in [0.717, 1.165) is 5.56 Å². The predicted octanol–water partition coefficient (Wildman–Crippen LogP) is 4.39. The molecule has 0 heterocycles. The first-order chi connectivity index (χ1) is 12.5. The number of hydrogen-bond acceptors (Lipinski definition) is 4. The van der Waals surface area contributed by atoms with Gasteiger partial charge in [0.25, 0.3) is 5.91 Å². The Morgan fingerprint density at radius 3 is 2.31 bits per heavy atom. The molecule has 0 aliphatic carbocycles. The Morgan fingerprint density at radius 2 is 1.65 bits per heavy atom. The number of rotatable bonds is 9. The average Bonchev–Trinajstić information content (AvgIpc) is 2.63. The van der Waals surface area contributed by atoms with Crippen molar-refractivity contribution < 1.29 is 19.0 Å². The topological polar surface area (TPSA) is 56.8 Å². The molecule has 5 nitrogen and oxygen atoms in total. The summed E-state index contributed by atoms with van der Waals surface area (Å²) in [6.07, 6.45) is 0. The van der Waals surface area contributed by atoms with E-state index in [1.54, 1.807) is 24.3 Å². The molecule has 26 heavy (non-hydrogen) atoms. The Bertz CT molecular complexity index is 718. The molecule has 0 aliphatic rings. The minimum atomic E-state index is -0.209. The number of hydrogen-bond donors (Lipinski definition) is 1. The lowest BCUT2D eigenvalue weighted by molar-refractivity contribution is -0.123. The van der Waals surface area contributed by atoms with Crippen molar-refractivity contribution in [2.24, 2.45) is 0 Å². The minimum absolute atomic E-state index is 0.0681. The van der Waals surface area contributed by atoms with Gasteiger partial charge in [-0.15, -0.1) is 0 Å². The molecule has 0 aliphatic heterocycles. The molecule has 0 saturated heterocycles. The summed E-state index contributed by atoms with van der Waals surface area (Å²) in [5.74, 6) is 1.75. The van der Waals surface area contributed by atoms with E-state index < -0.39 is 0 Å². The molecule has 0 bridgehead atoms. The molecule has 1 N–H and O–H groups in total. The molecule has 0 aromatic heterocycles. The smallest absolute Gasteiger partial charge is 0.258 e. The average molecular weight is 378 g/mol. The number of nitrogens with one attached hydrogen (secondary N) is 1. The summed E-state index contributed by atoms with van der Waals surface area (Å²) in [5.41, 5.74) is 0.928. The Hall–Kier alpha value is -2.40. The van der Waals surface area contributed by atoms with Crippen LogP contribution < -0.4 is 19.5 Å². The lowest BCUT2D eigenvalue weighted by Gasteiger charge is -2.17. The van der Waals surface area contributed by atoms with Gasteiger partial charge in [-0.05, 0) is 62.7 Å². The molecule has 1 amide bonds. The Kier molecular flexibility index (Phi) is 7.60. The van der Waals surface area contributed by atoms with Crippen molar-refractivity contribution in [2.45, 2.75) is 26.8 Å². The fourth-order valence-electron chi connectivity index (χ4n) is 2.38. The van der Waals surface area contributed by atoms with Crippen LogP contribution in [0, 0.1) is 0 Å². The van der Waals surface area contributed by atoms with E-state index in [0.29, 0.717) is 35.5 Å². The van der Waals surface area contributed by atoms with Crippen LogP contribution in [0.3, 0.4) is 0 Å². The molecule has 6 heteroatoms. The van der Waals surface area contributed by atoms with Gasteiger partial charge < -0.3 is 19.5 Å². The maximum Gasteiger partial charge on any atom is 0.258 e. The van der Waals surface area contributed by atoms with Crippen molar-refractivity contribution in [2.75, 3.05) is 19.8 Å². The van der Waals surface area contributed by atoms with Crippen molar-refractivity contribution >= 4 is 17.5 Å². The number of amides is 1. The summed E-state index contributed by atoms with van der Waals surface area (Å²) in [7, 11) is 0. The second-order valence-corrected chi connectivity index (χ2v) is 6.04. The maximum atomic E-state index is 12.1. The number of carbonyl (C=O) groups is 1. The van der Waals surface area contributed by atoms with Crippen LogP contribution >= 0.6 is 11.6 Å². The van der Waals surface area contributed by atoms with E-state index in [4.69, 9.17) is 25.8 Å². The molecule has 0 fully saturated rings. The van der Waals surface area contributed by atoms with Gasteiger partial charge in [-0.2, -0.15) is 0 Å². The fourth-order valence-corrected chi connectivity index (χ4v) is 2.51. The molecule has 140 valence electrons. The molecule has 0 radical (unpaired) electrons. The van der Waals surface area contributed by atoms with Gasteiger partial charge in [0.2, 0.25) is 0 Å². The SMILES string of the molecule is CCOc1ccc([C@H](C)NC(=O)COc2ccc(Cl)cc2)cc1OCC. The molecular weight excluding hydrogens is 354 g/mol. The van der Waals surface area contributed by atoms with Crippen LogP contribution in [0.15, 0.2) is 42.5 Å². The summed E-state index contributed by atoms with van der Waals surface area (Å²) >= 11 is 5.82. The van der Waals surface area contributed by atoms with Crippen molar-refractivity contribution in [1.29, 1.82) is 0 Å². The Balaban J connectivity index is 1.95. The number of ether oxygens (including phenoxy) is 3. The highest BCUT2D eigenvalue weighted by molar-refractivity contribution is 6.30. The molecular formula is C20H24ClNO4. The highest BCUT2D eigenvalue weighted by Crippen LogP contribution is 2.30. The molecule has 2 rings (SSSR count). The van der Waals surface area contributed by atoms with Gasteiger partial charge in [0.1, 0.15) is 5.75 Å². The second-order valence-electron chi connectivity index (χ2n) is 5.60. The highest BCUT2D eigenvalue weighted by Gasteiger charge is 2.13. The summed E-state index contributed by atoms with van der Waals surface area (Å²) in [5, 5.41) is 3.53. The van der Waals surface area contributed by atoms with Crippen molar-refractivity contribution in [3.63, 3.8) is 0 Å². The number of halogens is 1. The zero-order valence-corrected chi connectivity index (χ0v) is 16.0.